The van der Waals surface area contributed by atoms with E-state index in [1.807, 2.05) is 6.92 Å². The Morgan fingerprint density at radius 2 is 2.27 bits per heavy atom. The molecule has 0 aromatic rings. The smallest absolute Gasteiger partial charge is 0.330 e. The molecule has 1 amide bonds. The van der Waals surface area contributed by atoms with Crippen molar-refractivity contribution in [1.29, 1.82) is 0 Å². The second kappa shape index (κ2) is 4.82. The number of esters is 1. The van der Waals surface area contributed by atoms with E-state index < -0.39 is 6.04 Å². The van der Waals surface area contributed by atoms with Gasteiger partial charge in [-0.15, -0.1) is 0 Å². The highest BCUT2D eigenvalue weighted by molar-refractivity contribution is 5.77. The molecule has 5 nitrogen and oxygen atoms in total. The molecule has 0 spiro atoms. The van der Waals surface area contributed by atoms with Gasteiger partial charge in [-0.25, -0.2) is 4.79 Å². The zero-order valence-corrected chi connectivity index (χ0v) is 9.24. The van der Waals surface area contributed by atoms with Gasteiger partial charge in [-0.1, -0.05) is 5.57 Å². The van der Waals surface area contributed by atoms with Gasteiger partial charge in [0.1, 0.15) is 6.04 Å². The second-order valence-corrected chi connectivity index (χ2v) is 3.63. The van der Waals surface area contributed by atoms with Crippen LogP contribution in [0.4, 0.5) is 0 Å². The second-order valence-electron chi connectivity index (χ2n) is 3.63. The number of hydrogen-bond donors (Lipinski definition) is 1. The summed E-state index contributed by atoms with van der Waals surface area (Å²) >= 11 is 0. The van der Waals surface area contributed by atoms with Crippen LogP contribution in [-0.2, 0) is 14.3 Å². The summed E-state index contributed by atoms with van der Waals surface area (Å²) in [4.78, 5) is 22.4. The molecule has 0 bridgehead atoms. The van der Waals surface area contributed by atoms with Crippen molar-refractivity contribution in [3.8, 4) is 0 Å². The monoisotopic (exact) mass is 212 g/mol. The van der Waals surface area contributed by atoms with Crippen molar-refractivity contribution in [3.63, 3.8) is 0 Å². The summed E-state index contributed by atoms with van der Waals surface area (Å²) in [6.45, 7) is 3.37. The highest BCUT2D eigenvalue weighted by atomic mass is 16.5. The Kier molecular flexibility index (Phi) is 3.71. The Morgan fingerprint density at radius 1 is 1.60 bits per heavy atom. The van der Waals surface area contributed by atoms with Crippen molar-refractivity contribution in [1.82, 2.24) is 10.4 Å². The van der Waals surface area contributed by atoms with Crippen LogP contribution in [0.25, 0.3) is 0 Å². The van der Waals surface area contributed by atoms with E-state index in [9.17, 15) is 9.59 Å². The number of nitrogens with zero attached hydrogens (tertiary/aromatic N) is 1. The minimum absolute atomic E-state index is 0.199. The van der Waals surface area contributed by atoms with Crippen molar-refractivity contribution >= 4 is 11.9 Å². The molecule has 0 fully saturated rings. The summed E-state index contributed by atoms with van der Waals surface area (Å²) in [7, 11) is 1.35. The van der Waals surface area contributed by atoms with Gasteiger partial charge in [0.05, 0.1) is 7.11 Å². The molecule has 0 aromatic heterocycles. The van der Waals surface area contributed by atoms with E-state index in [-0.39, 0.29) is 11.9 Å². The number of methoxy groups -OCH3 is 1. The number of hydrogen-bond acceptors (Lipinski definition) is 4. The topological polar surface area (TPSA) is 58.6 Å². The van der Waals surface area contributed by atoms with Crippen LogP contribution >= 0.6 is 0 Å². The fraction of sp³-hybridized carbons (Fsp3) is 0.600. The fourth-order valence-corrected chi connectivity index (χ4v) is 1.55. The van der Waals surface area contributed by atoms with Crippen LogP contribution in [-0.4, -0.2) is 30.0 Å². The Morgan fingerprint density at radius 3 is 2.80 bits per heavy atom. The highest BCUT2D eigenvalue weighted by Gasteiger charge is 2.28. The van der Waals surface area contributed by atoms with Gasteiger partial charge in [0.15, 0.2) is 0 Å². The molecular weight excluding hydrogens is 196 g/mol. The third kappa shape index (κ3) is 2.97. The summed E-state index contributed by atoms with van der Waals surface area (Å²) in [5.41, 5.74) is 3.72. The molecule has 1 atom stereocenters. The first-order valence-electron chi connectivity index (χ1n) is 4.85. The van der Waals surface area contributed by atoms with Crippen molar-refractivity contribution in [2.24, 2.45) is 0 Å². The molecule has 0 aromatic carbocycles. The van der Waals surface area contributed by atoms with Gasteiger partial charge in [-0.3, -0.25) is 15.2 Å². The van der Waals surface area contributed by atoms with E-state index in [2.05, 4.69) is 10.2 Å². The number of nitrogens with one attached hydrogen (secondary N) is 1. The molecule has 0 aliphatic carbocycles. The molecule has 0 unspecified atom stereocenters. The summed E-state index contributed by atoms with van der Waals surface area (Å²) in [6, 6.07) is -0.414. The molecule has 0 radical (unpaired) electrons. The van der Waals surface area contributed by atoms with Crippen LogP contribution in [0.1, 0.15) is 26.7 Å². The maximum atomic E-state index is 11.4. The molecule has 0 saturated carbocycles. The van der Waals surface area contributed by atoms with Crippen LogP contribution < -0.4 is 5.43 Å². The van der Waals surface area contributed by atoms with Crippen LogP contribution in [0.3, 0.4) is 0 Å². The van der Waals surface area contributed by atoms with Crippen LogP contribution in [0.5, 0.6) is 0 Å². The molecule has 1 aliphatic rings. The van der Waals surface area contributed by atoms with E-state index in [0.29, 0.717) is 6.42 Å². The summed E-state index contributed by atoms with van der Waals surface area (Å²) in [6.07, 6.45) is 3.28. The first kappa shape index (κ1) is 11.6. The number of carbonyl (C=O) groups is 2. The zero-order chi connectivity index (χ0) is 11.4. The lowest BCUT2D eigenvalue weighted by atomic mass is 10.0. The minimum Gasteiger partial charge on any atom is -0.467 e. The predicted molar refractivity (Wildman–Crippen MR) is 54.5 cm³/mol. The molecule has 1 heterocycles. The molecule has 5 heteroatoms. The number of hydrazine groups is 1. The number of ether oxygens (including phenoxy) is 1. The van der Waals surface area contributed by atoms with E-state index in [4.69, 9.17) is 0 Å². The predicted octanol–water partition coefficient (Wildman–Crippen LogP) is 0.579. The lowest BCUT2D eigenvalue weighted by Crippen LogP contribution is -2.50. The first-order valence-corrected chi connectivity index (χ1v) is 4.85. The number of carbonyl (C=O) groups excluding carboxylic acids is 2. The Labute approximate surface area is 89.0 Å². The van der Waals surface area contributed by atoms with E-state index in [1.54, 1.807) is 6.20 Å². The Hall–Kier alpha value is -1.52. The Balaban J connectivity index is 2.78. The first-order chi connectivity index (χ1) is 7.04. The van der Waals surface area contributed by atoms with Gasteiger partial charge in [0.25, 0.3) is 0 Å². The summed E-state index contributed by atoms with van der Waals surface area (Å²) in [5.74, 6) is -0.526. The lowest BCUT2D eigenvalue weighted by molar-refractivity contribution is -0.148. The highest BCUT2D eigenvalue weighted by Crippen LogP contribution is 2.19. The SMILES string of the molecule is COC(=O)[C@H]1CCC(C)=CN1NC(C)=O. The molecule has 1 N–H and O–H groups in total. The standard InChI is InChI=1S/C10H16N2O3/c1-7-4-5-9(10(14)15-3)12(6-7)11-8(2)13/h6,9H,4-5H2,1-3H3,(H,11,13)/t9-/m1/s1. The third-order valence-electron chi connectivity index (χ3n) is 2.27. The maximum Gasteiger partial charge on any atom is 0.330 e. The number of allylic oxidation sites excluding steroid dienone is 1. The van der Waals surface area contributed by atoms with Gasteiger partial charge in [0.2, 0.25) is 5.91 Å². The van der Waals surface area contributed by atoms with Crippen molar-refractivity contribution in [3.05, 3.63) is 11.8 Å². The molecule has 0 saturated heterocycles. The molecule has 15 heavy (non-hydrogen) atoms. The number of rotatable bonds is 2. The minimum atomic E-state index is -0.414. The van der Waals surface area contributed by atoms with Gasteiger partial charge < -0.3 is 4.74 Å². The molecule has 84 valence electrons. The normalized spacial score (nSPS) is 20.6. The van der Waals surface area contributed by atoms with E-state index >= 15 is 0 Å². The van der Waals surface area contributed by atoms with Crippen molar-refractivity contribution in [2.45, 2.75) is 32.7 Å². The summed E-state index contributed by atoms with van der Waals surface area (Å²) < 4.78 is 4.68. The molecule has 1 rings (SSSR count). The Bertz CT molecular complexity index is 299. The number of amides is 1. The van der Waals surface area contributed by atoms with Crippen molar-refractivity contribution in [2.75, 3.05) is 7.11 Å². The van der Waals surface area contributed by atoms with Crippen molar-refractivity contribution < 1.29 is 14.3 Å². The van der Waals surface area contributed by atoms with E-state index in [0.717, 1.165) is 12.0 Å². The summed E-state index contributed by atoms with van der Waals surface area (Å²) in [5, 5.41) is 1.52. The maximum absolute atomic E-state index is 11.4. The van der Waals surface area contributed by atoms with Gasteiger partial charge in [-0.05, 0) is 19.8 Å². The van der Waals surface area contributed by atoms with Gasteiger partial charge >= 0.3 is 5.97 Å². The zero-order valence-electron chi connectivity index (χ0n) is 9.24. The van der Waals surface area contributed by atoms with Gasteiger partial charge in [-0.2, -0.15) is 0 Å². The van der Waals surface area contributed by atoms with Crippen LogP contribution in [0, 0.1) is 0 Å². The van der Waals surface area contributed by atoms with E-state index in [1.165, 1.54) is 19.0 Å². The average molecular weight is 212 g/mol. The molecule has 1 aliphatic heterocycles. The third-order valence-corrected chi connectivity index (χ3v) is 2.27. The lowest BCUT2D eigenvalue weighted by Gasteiger charge is -2.32. The van der Waals surface area contributed by atoms with Crippen LogP contribution in [0.2, 0.25) is 0 Å². The van der Waals surface area contributed by atoms with Gasteiger partial charge in [0, 0.05) is 13.1 Å². The average Bonchev–Trinajstić information content (AvgIpc) is 2.16. The fourth-order valence-electron chi connectivity index (χ4n) is 1.55. The quantitative estimate of drug-likeness (QED) is 0.680. The van der Waals surface area contributed by atoms with Crippen LogP contribution in [0.15, 0.2) is 11.8 Å². The largest absolute Gasteiger partial charge is 0.467 e. The molecular formula is C10H16N2O3.